The monoisotopic (exact) mass is 183 g/mol. The van der Waals surface area contributed by atoms with Crippen molar-refractivity contribution in [3.63, 3.8) is 0 Å². The first-order valence-electron chi connectivity index (χ1n) is 3.36. The average molecular weight is 183 g/mol. The van der Waals surface area contributed by atoms with Crippen LogP contribution in [-0.4, -0.2) is 17.3 Å². The van der Waals surface area contributed by atoms with Crippen LogP contribution >= 0.6 is 11.9 Å². The van der Waals surface area contributed by atoms with E-state index in [2.05, 4.69) is 4.72 Å². The fourth-order valence-electron chi connectivity index (χ4n) is 0.834. The number of hydrogen-bond donors (Lipinski definition) is 2. The van der Waals surface area contributed by atoms with Gasteiger partial charge in [-0.25, -0.2) is 4.79 Å². The molecule has 4 heteroatoms. The van der Waals surface area contributed by atoms with E-state index in [1.54, 1.807) is 18.2 Å². The molecule has 0 radical (unpaired) electrons. The molecule has 0 atom stereocenters. The molecule has 1 aromatic rings. The Labute approximate surface area is 74.9 Å². The summed E-state index contributed by atoms with van der Waals surface area (Å²) in [6, 6.07) is 6.69. The van der Waals surface area contributed by atoms with Gasteiger partial charge >= 0.3 is 5.97 Å². The van der Waals surface area contributed by atoms with Crippen molar-refractivity contribution in [3.05, 3.63) is 29.8 Å². The highest BCUT2D eigenvalue weighted by molar-refractivity contribution is 7.99. The van der Waals surface area contributed by atoms with Crippen LogP contribution < -0.4 is 4.72 Å². The van der Waals surface area contributed by atoms with E-state index in [0.717, 1.165) is 5.69 Å². The van der Waals surface area contributed by atoms with Crippen LogP contribution in [0.25, 0.3) is 0 Å². The van der Waals surface area contributed by atoms with Crippen molar-refractivity contribution in [2.75, 3.05) is 11.0 Å². The van der Waals surface area contributed by atoms with E-state index in [9.17, 15) is 4.79 Å². The minimum Gasteiger partial charge on any atom is -0.478 e. The third-order valence-corrected chi connectivity index (χ3v) is 1.77. The highest BCUT2D eigenvalue weighted by Gasteiger charge is 2.01. The summed E-state index contributed by atoms with van der Waals surface area (Å²) in [4.78, 5) is 10.5. The zero-order valence-corrected chi connectivity index (χ0v) is 7.39. The van der Waals surface area contributed by atoms with Gasteiger partial charge in [-0.2, -0.15) is 0 Å². The highest BCUT2D eigenvalue weighted by Crippen LogP contribution is 2.13. The number of carboxylic acids is 1. The van der Waals surface area contributed by atoms with Crippen molar-refractivity contribution in [2.24, 2.45) is 0 Å². The van der Waals surface area contributed by atoms with Gasteiger partial charge < -0.3 is 9.83 Å². The van der Waals surface area contributed by atoms with Gasteiger partial charge in [0.25, 0.3) is 0 Å². The summed E-state index contributed by atoms with van der Waals surface area (Å²) >= 11 is 1.43. The maximum absolute atomic E-state index is 10.5. The molecule has 0 saturated heterocycles. The Morgan fingerprint density at radius 2 is 2.33 bits per heavy atom. The van der Waals surface area contributed by atoms with E-state index in [0.29, 0.717) is 5.56 Å². The zero-order valence-electron chi connectivity index (χ0n) is 6.57. The lowest BCUT2D eigenvalue weighted by atomic mass is 10.2. The Hall–Kier alpha value is -1.16. The number of nitrogens with one attached hydrogen (secondary N) is 1. The van der Waals surface area contributed by atoms with Crippen molar-refractivity contribution < 1.29 is 9.90 Å². The second-order valence-electron chi connectivity index (χ2n) is 2.19. The number of benzene rings is 1. The van der Waals surface area contributed by atoms with Crippen LogP contribution in [0, 0.1) is 0 Å². The van der Waals surface area contributed by atoms with Crippen molar-refractivity contribution in [1.82, 2.24) is 0 Å². The van der Waals surface area contributed by atoms with E-state index >= 15 is 0 Å². The number of hydrogen-bond acceptors (Lipinski definition) is 3. The summed E-state index contributed by atoms with van der Waals surface area (Å²) in [7, 11) is 0. The third kappa shape index (κ3) is 2.17. The lowest BCUT2D eigenvalue weighted by molar-refractivity contribution is 0.0697. The van der Waals surface area contributed by atoms with Crippen LogP contribution in [0.4, 0.5) is 5.69 Å². The zero-order chi connectivity index (χ0) is 8.97. The van der Waals surface area contributed by atoms with Crippen LogP contribution in [-0.2, 0) is 0 Å². The molecule has 1 rings (SSSR count). The number of anilines is 1. The second kappa shape index (κ2) is 4.01. The Balaban J connectivity index is 2.88. The first-order valence-corrected chi connectivity index (χ1v) is 4.59. The fraction of sp³-hybridized carbons (Fsp3) is 0.125. The summed E-state index contributed by atoms with van der Waals surface area (Å²) in [5.74, 6) is -0.903. The first-order chi connectivity index (χ1) is 5.74. The Morgan fingerprint density at radius 3 is 2.92 bits per heavy atom. The molecule has 0 aliphatic rings. The quantitative estimate of drug-likeness (QED) is 0.704. The van der Waals surface area contributed by atoms with Crippen molar-refractivity contribution in [2.45, 2.75) is 0 Å². The number of rotatable bonds is 3. The van der Waals surface area contributed by atoms with Crippen LogP contribution in [0.3, 0.4) is 0 Å². The van der Waals surface area contributed by atoms with Crippen molar-refractivity contribution in [3.8, 4) is 0 Å². The molecule has 0 fully saturated rings. The van der Waals surface area contributed by atoms with Crippen molar-refractivity contribution >= 4 is 23.6 Å². The van der Waals surface area contributed by atoms with Crippen LogP contribution in [0.2, 0.25) is 0 Å². The van der Waals surface area contributed by atoms with E-state index in [-0.39, 0.29) is 0 Å². The topological polar surface area (TPSA) is 49.3 Å². The molecule has 0 aliphatic carbocycles. The lowest BCUT2D eigenvalue weighted by Crippen LogP contribution is -1.96. The molecule has 0 bridgehead atoms. The average Bonchev–Trinajstić information content (AvgIpc) is 2.05. The van der Waals surface area contributed by atoms with Gasteiger partial charge in [-0.3, -0.25) is 0 Å². The summed E-state index contributed by atoms with van der Waals surface area (Å²) in [5.41, 5.74) is 1.11. The minimum atomic E-state index is -0.903. The summed E-state index contributed by atoms with van der Waals surface area (Å²) < 4.78 is 2.96. The Morgan fingerprint density at radius 1 is 1.58 bits per heavy atom. The highest BCUT2D eigenvalue weighted by atomic mass is 32.2. The predicted octanol–water partition coefficient (Wildman–Crippen LogP) is 2.07. The van der Waals surface area contributed by atoms with Crippen LogP contribution in [0.15, 0.2) is 24.3 Å². The number of carbonyl (C=O) groups is 1. The molecule has 0 aromatic heterocycles. The number of carboxylic acid groups (broad SMARTS) is 1. The molecule has 64 valence electrons. The van der Waals surface area contributed by atoms with Gasteiger partial charge in [0.15, 0.2) is 0 Å². The molecule has 0 spiro atoms. The predicted molar refractivity (Wildman–Crippen MR) is 50.5 cm³/mol. The van der Waals surface area contributed by atoms with Gasteiger partial charge in [-0.15, -0.1) is 0 Å². The summed E-state index contributed by atoms with van der Waals surface area (Å²) in [5, 5.41) is 8.64. The van der Waals surface area contributed by atoms with Gasteiger partial charge in [0.2, 0.25) is 0 Å². The normalized spacial score (nSPS) is 9.42. The molecule has 2 N–H and O–H groups in total. The van der Waals surface area contributed by atoms with E-state index in [4.69, 9.17) is 5.11 Å². The molecule has 0 heterocycles. The Bertz CT molecular complexity index is 288. The molecule has 1 aromatic carbocycles. The Kier molecular flexibility index (Phi) is 2.99. The second-order valence-corrected chi connectivity index (χ2v) is 2.80. The van der Waals surface area contributed by atoms with Crippen LogP contribution in [0.1, 0.15) is 10.4 Å². The van der Waals surface area contributed by atoms with Gasteiger partial charge in [0.1, 0.15) is 0 Å². The standard InChI is InChI=1S/C8H9NO2S/c1-12-9-7-4-2-3-6(5-7)8(10)11/h2-5,9H,1H3,(H,10,11). The smallest absolute Gasteiger partial charge is 0.335 e. The first kappa shape index (κ1) is 8.93. The minimum absolute atomic E-state index is 0.300. The maximum atomic E-state index is 10.5. The van der Waals surface area contributed by atoms with Crippen LogP contribution in [0.5, 0.6) is 0 Å². The SMILES string of the molecule is CSNc1cccc(C(=O)O)c1. The fourth-order valence-corrected chi connectivity index (χ4v) is 1.20. The van der Waals surface area contributed by atoms with E-state index < -0.39 is 5.97 Å². The van der Waals surface area contributed by atoms with E-state index in [1.165, 1.54) is 11.9 Å². The summed E-state index contributed by atoms with van der Waals surface area (Å²) in [6.45, 7) is 0. The molecule has 12 heavy (non-hydrogen) atoms. The summed E-state index contributed by atoms with van der Waals surface area (Å²) in [6.07, 6.45) is 1.88. The molecule has 0 aliphatic heterocycles. The molecular weight excluding hydrogens is 174 g/mol. The van der Waals surface area contributed by atoms with E-state index in [1.807, 2.05) is 12.3 Å². The van der Waals surface area contributed by atoms with Gasteiger partial charge in [0, 0.05) is 11.9 Å². The van der Waals surface area contributed by atoms with Gasteiger partial charge in [-0.05, 0) is 18.2 Å². The third-order valence-electron chi connectivity index (χ3n) is 1.33. The van der Waals surface area contributed by atoms with Gasteiger partial charge in [0.05, 0.1) is 5.56 Å². The molecule has 3 nitrogen and oxygen atoms in total. The molecule has 0 unspecified atom stereocenters. The van der Waals surface area contributed by atoms with Crippen molar-refractivity contribution in [1.29, 1.82) is 0 Å². The molecular formula is C8H9NO2S. The largest absolute Gasteiger partial charge is 0.478 e. The lowest BCUT2D eigenvalue weighted by Gasteiger charge is -2.01. The molecule has 0 saturated carbocycles. The van der Waals surface area contributed by atoms with Gasteiger partial charge in [-0.1, -0.05) is 18.0 Å². The number of aromatic carboxylic acids is 1. The maximum Gasteiger partial charge on any atom is 0.335 e. The molecule has 0 amide bonds.